The minimum absolute atomic E-state index is 0.120. The maximum atomic E-state index is 10.4. The van der Waals surface area contributed by atoms with Crippen molar-refractivity contribution in [3.05, 3.63) is 43.1 Å². The molecule has 0 spiro atoms. The average molecular weight is 409 g/mol. The fourth-order valence-corrected chi connectivity index (χ4v) is 6.21. The minimum Gasteiger partial charge on any atom is -0.507 e. The van der Waals surface area contributed by atoms with Crippen molar-refractivity contribution in [1.82, 2.24) is 30.0 Å². The number of aromatic hydroxyl groups is 1. The molecular formula is C21H24N6OS. The number of thioether (sulfide) groups is 1. The Balaban J connectivity index is 1.32. The van der Waals surface area contributed by atoms with Gasteiger partial charge in [-0.25, -0.2) is 9.97 Å². The summed E-state index contributed by atoms with van der Waals surface area (Å²) in [5.74, 6) is 0.544. The van der Waals surface area contributed by atoms with Gasteiger partial charge in [0.15, 0.2) is 5.82 Å². The number of hydrogen-bond donors (Lipinski definition) is 2. The van der Waals surface area contributed by atoms with Crippen molar-refractivity contribution < 1.29 is 5.11 Å². The molecule has 7 nitrogen and oxygen atoms in total. The first kappa shape index (κ1) is 18.6. The van der Waals surface area contributed by atoms with Gasteiger partial charge in [-0.2, -0.15) is 0 Å². The van der Waals surface area contributed by atoms with Crippen LogP contribution in [0.25, 0.3) is 17.1 Å². The molecule has 2 bridgehead atoms. The van der Waals surface area contributed by atoms with Crippen molar-refractivity contribution in [2.24, 2.45) is 0 Å². The van der Waals surface area contributed by atoms with Gasteiger partial charge in [-0.1, -0.05) is 11.8 Å². The molecule has 0 amide bonds. The lowest BCUT2D eigenvalue weighted by Crippen LogP contribution is -2.54. The Kier molecular flexibility index (Phi) is 4.36. The van der Waals surface area contributed by atoms with Crippen molar-refractivity contribution in [3.8, 4) is 22.8 Å². The Morgan fingerprint density at radius 3 is 2.59 bits per heavy atom. The maximum Gasteiger partial charge on any atom is 0.185 e. The van der Waals surface area contributed by atoms with E-state index in [2.05, 4.69) is 39.3 Å². The smallest absolute Gasteiger partial charge is 0.185 e. The zero-order valence-corrected chi connectivity index (χ0v) is 17.4. The predicted octanol–water partition coefficient (Wildman–Crippen LogP) is 3.59. The average Bonchev–Trinajstić information content (AvgIpc) is 3.28. The summed E-state index contributed by atoms with van der Waals surface area (Å²) in [5.41, 5.74) is 1.85. The molecule has 4 heterocycles. The highest BCUT2D eigenvalue weighted by Gasteiger charge is 2.48. The number of nitrogens with zero attached hydrogens (tertiary/aromatic N) is 5. The first-order chi connectivity index (χ1) is 13.9. The van der Waals surface area contributed by atoms with Gasteiger partial charge in [-0.05, 0) is 51.7 Å². The monoisotopic (exact) mass is 408 g/mol. The molecule has 0 radical (unpaired) electrons. The maximum absolute atomic E-state index is 10.4. The summed E-state index contributed by atoms with van der Waals surface area (Å²) in [5, 5.41) is 24.3. The molecule has 0 aliphatic carbocycles. The summed E-state index contributed by atoms with van der Waals surface area (Å²) in [4.78, 5) is 8.50. The Bertz CT molecular complexity index is 1010. The first-order valence-corrected chi connectivity index (χ1v) is 10.8. The Morgan fingerprint density at radius 2 is 1.97 bits per heavy atom. The molecule has 1 aromatic carbocycles. The molecule has 2 saturated heterocycles. The van der Waals surface area contributed by atoms with Crippen LogP contribution >= 0.6 is 11.8 Å². The van der Waals surface area contributed by atoms with Crippen LogP contribution in [-0.4, -0.2) is 46.2 Å². The van der Waals surface area contributed by atoms with Crippen LogP contribution in [0.3, 0.4) is 0 Å². The van der Waals surface area contributed by atoms with Gasteiger partial charge in [0, 0.05) is 34.8 Å². The lowest BCUT2D eigenvalue weighted by Gasteiger charge is -2.41. The number of fused-ring (bicyclic) bond motifs is 2. The number of aromatic nitrogens is 5. The highest BCUT2D eigenvalue weighted by molar-refractivity contribution is 7.99. The van der Waals surface area contributed by atoms with E-state index in [0.717, 1.165) is 23.6 Å². The number of rotatable bonds is 4. The van der Waals surface area contributed by atoms with Crippen LogP contribution < -0.4 is 5.32 Å². The van der Waals surface area contributed by atoms with Gasteiger partial charge in [0.05, 0.1) is 23.8 Å². The SMILES string of the molecule is C[C@]12CC[C@](C)(C[C@@H](Sc3cnc(-c4ccc(-n5ccnc5)cc4O)nn3)C1)N2. The second-order valence-corrected chi connectivity index (χ2v) is 10.0. The number of benzene rings is 1. The van der Waals surface area contributed by atoms with E-state index < -0.39 is 0 Å². The number of hydrogen-bond acceptors (Lipinski definition) is 7. The predicted molar refractivity (Wildman–Crippen MR) is 112 cm³/mol. The second kappa shape index (κ2) is 6.81. The minimum atomic E-state index is 0.120. The van der Waals surface area contributed by atoms with E-state index in [1.165, 1.54) is 12.8 Å². The van der Waals surface area contributed by atoms with Gasteiger partial charge < -0.3 is 15.0 Å². The lowest BCUT2D eigenvalue weighted by atomic mass is 9.88. The zero-order valence-electron chi connectivity index (χ0n) is 16.5. The Morgan fingerprint density at radius 1 is 1.17 bits per heavy atom. The molecule has 3 atom stereocenters. The fourth-order valence-electron chi connectivity index (χ4n) is 4.77. The van der Waals surface area contributed by atoms with Gasteiger partial charge >= 0.3 is 0 Å². The van der Waals surface area contributed by atoms with E-state index in [4.69, 9.17) is 0 Å². The highest BCUT2D eigenvalue weighted by atomic mass is 32.2. The quantitative estimate of drug-likeness (QED) is 0.682. The van der Waals surface area contributed by atoms with Gasteiger partial charge in [-0.3, -0.25) is 0 Å². The number of imidazole rings is 1. The van der Waals surface area contributed by atoms with Crippen LogP contribution in [0.1, 0.15) is 39.5 Å². The summed E-state index contributed by atoms with van der Waals surface area (Å²) in [6.45, 7) is 4.66. The summed E-state index contributed by atoms with van der Waals surface area (Å²) < 4.78 is 1.83. The van der Waals surface area contributed by atoms with Crippen molar-refractivity contribution in [2.45, 2.75) is 60.9 Å². The van der Waals surface area contributed by atoms with E-state index >= 15 is 0 Å². The third kappa shape index (κ3) is 3.62. The number of piperidine rings is 1. The fraction of sp³-hybridized carbons (Fsp3) is 0.429. The van der Waals surface area contributed by atoms with Gasteiger partial charge in [0.1, 0.15) is 10.8 Å². The molecule has 2 aliphatic heterocycles. The summed E-state index contributed by atoms with van der Waals surface area (Å²) >= 11 is 1.77. The summed E-state index contributed by atoms with van der Waals surface area (Å²) in [7, 11) is 0. The molecule has 2 N–H and O–H groups in total. The third-order valence-corrected chi connectivity index (χ3v) is 7.14. The molecule has 0 saturated carbocycles. The van der Waals surface area contributed by atoms with Crippen molar-refractivity contribution in [1.29, 1.82) is 0 Å². The molecule has 8 heteroatoms. The standard InChI is InChI=1S/C21H24N6OS/c1-20-5-6-21(2,26-20)11-15(10-20)29-18-12-23-19(25-24-18)16-4-3-14(9-17(16)28)27-8-7-22-13-27/h3-4,7-9,12-13,15,26,28H,5-6,10-11H2,1-2H3/t15-,20-,21+. The van der Waals surface area contributed by atoms with Crippen LogP contribution in [-0.2, 0) is 0 Å². The van der Waals surface area contributed by atoms with Crippen LogP contribution in [0.2, 0.25) is 0 Å². The molecule has 2 fully saturated rings. The van der Waals surface area contributed by atoms with Crippen LogP contribution in [0.4, 0.5) is 0 Å². The zero-order chi connectivity index (χ0) is 20.1. The molecule has 2 aromatic heterocycles. The van der Waals surface area contributed by atoms with Crippen molar-refractivity contribution in [2.75, 3.05) is 0 Å². The van der Waals surface area contributed by atoms with E-state index in [0.29, 0.717) is 16.6 Å². The molecule has 2 aliphatic rings. The normalized spacial score (nSPS) is 28.6. The number of phenols is 1. The largest absolute Gasteiger partial charge is 0.507 e. The molecule has 29 heavy (non-hydrogen) atoms. The summed E-state index contributed by atoms with van der Waals surface area (Å²) in [6, 6.07) is 5.38. The molecule has 150 valence electrons. The topological polar surface area (TPSA) is 88.8 Å². The van der Waals surface area contributed by atoms with Gasteiger partial charge in [0.25, 0.3) is 0 Å². The molecule has 3 aromatic rings. The van der Waals surface area contributed by atoms with E-state index in [-0.39, 0.29) is 16.8 Å². The summed E-state index contributed by atoms with van der Waals surface area (Å²) in [6.07, 6.45) is 11.7. The lowest BCUT2D eigenvalue weighted by molar-refractivity contribution is 0.241. The second-order valence-electron chi connectivity index (χ2n) is 8.69. The highest BCUT2D eigenvalue weighted by Crippen LogP contribution is 2.46. The van der Waals surface area contributed by atoms with Gasteiger partial charge in [0.2, 0.25) is 0 Å². The van der Waals surface area contributed by atoms with E-state index in [1.807, 2.05) is 16.8 Å². The van der Waals surface area contributed by atoms with Gasteiger partial charge in [-0.15, -0.1) is 10.2 Å². The van der Waals surface area contributed by atoms with Crippen molar-refractivity contribution in [3.63, 3.8) is 0 Å². The van der Waals surface area contributed by atoms with E-state index in [9.17, 15) is 5.11 Å². The number of phenolic OH excluding ortho intramolecular Hbond substituents is 1. The van der Waals surface area contributed by atoms with Crippen LogP contribution in [0.5, 0.6) is 5.75 Å². The Labute approximate surface area is 174 Å². The van der Waals surface area contributed by atoms with Crippen LogP contribution in [0.15, 0.2) is 48.1 Å². The third-order valence-electron chi connectivity index (χ3n) is 6.04. The van der Waals surface area contributed by atoms with Crippen LogP contribution in [0, 0.1) is 0 Å². The molecular weight excluding hydrogens is 384 g/mol. The number of nitrogens with one attached hydrogen (secondary N) is 1. The van der Waals surface area contributed by atoms with E-state index in [1.54, 1.807) is 42.6 Å². The Hall–Kier alpha value is -2.45. The first-order valence-electron chi connectivity index (χ1n) is 9.89. The van der Waals surface area contributed by atoms with Crippen molar-refractivity contribution >= 4 is 11.8 Å². The molecule has 5 rings (SSSR count). The molecule has 0 unspecified atom stereocenters.